The van der Waals surface area contributed by atoms with Crippen LogP contribution in [-0.2, 0) is 9.59 Å². The van der Waals surface area contributed by atoms with Crippen LogP contribution in [0.4, 0.5) is 0 Å². The minimum Gasteiger partial charge on any atom is -0.481 e. The van der Waals surface area contributed by atoms with Crippen molar-refractivity contribution in [3.05, 3.63) is 35.5 Å². The number of amides is 1. The van der Waals surface area contributed by atoms with E-state index in [0.717, 1.165) is 32.1 Å². The van der Waals surface area contributed by atoms with Gasteiger partial charge < -0.3 is 15.0 Å². The van der Waals surface area contributed by atoms with Crippen LogP contribution in [0.2, 0.25) is 0 Å². The summed E-state index contributed by atoms with van der Waals surface area (Å²) in [7, 11) is 0. The number of hydrogen-bond donors (Lipinski definition) is 2. The van der Waals surface area contributed by atoms with Gasteiger partial charge >= 0.3 is 5.97 Å². The van der Waals surface area contributed by atoms with Crippen LogP contribution >= 0.6 is 0 Å². The van der Waals surface area contributed by atoms with Crippen LogP contribution < -0.4 is 0 Å². The number of nitrogens with zero attached hydrogens (tertiary/aromatic N) is 1. The number of fused-ring (bicyclic) bond motifs is 1. The van der Waals surface area contributed by atoms with E-state index >= 15 is 0 Å². The Balaban J connectivity index is 1.19. The zero-order valence-corrected chi connectivity index (χ0v) is 18.3. The van der Waals surface area contributed by atoms with Gasteiger partial charge in [-0.15, -0.1) is 0 Å². The molecule has 5 heteroatoms. The van der Waals surface area contributed by atoms with Crippen LogP contribution in [0.25, 0.3) is 10.9 Å². The average Bonchev–Trinajstić information content (AvgIpc) is 3.37. The standard InChI is InChI=1S/C26H32N2O3/c1-15(20-14-27-21-4-2-3-19(25(20)21)16-5-6-16)9-23(29)28-18-10-17-11-26(12-18,13-22(17)28)8-7-24(30)31/h2-4,14-18,22,27H,5-13H2,1H3,(H,30,31). The van der Waals surface area contributed by atoms with Crippen molar-refractivity contribution in [2.24, 2.45) is 11.3 Å². The molecule has 3 heterocycles. The number of carbonyl (C=O) groups is 2. The molecule has 5 unspecified atom stereocenters. The first kappa shape index (κ1) is 19.4. The summed E-state index contributed by atoms with van der Waals surface area (Å²) < 4.78 is 0. The van der Waals surface area contributed by atoms with Crippen LogP contribution in [0, 0.1) is 11.3 Å². The number of carboxylic acids is 1. The average molecular weight is 421 g/mol. The predicted octanol–water partition coefficient (Wildman–Crippen LogP) is 5.17. The molecule has 2 aromatic rings. The summed E-state index contributed by atoms with van der Waals surface area (Å²) in [4.78, 5) is 30.3. The minimum atomic E-state index is -0.692. The fourth-order valence-corrected chi connectivity index (χ4v) is 7.44. The maximum absolute atomic E-state index is 13.5. The SMILES string of the molecule is CC(CC(=O)N1C2CC3CC(CCC(=O)O)(C2)CC31)c1c[nH]c2cccc(C3CC3)c12. The molecule has 4 bridgehead atoms. The summed E-state index contributed by atoms with van der Waals surface area (Å²) in [6.07, 6.45) is 10.5. The molecular weight excluding hydrogens is 388 g/mol. The number of aliphatic carboxylic acids is 1. The molecule has 0 spiro atoms. The van der Waals surface area contributed by atoms with Gasteiger partial charge in [0.25, 0.3) is 0 Å². The molecule has 164 valence electrons. The van der Waals surface area contributed by atoms with E-state index < -0.39 is 5.97 Å². The third-order valence-corrected chi connectivity index (χ3v) is 8.83. The number of aromatic nitrogens is 1. The van der Waals surface area contributed by atoms with Crippen molar-refractivity contribution < 1.29 is 14.7 Å². The van der Waals surface area contributed by atoms with E-state index in [1.165, 1.54) is 34.9 Å². The Kier molecular flexibility index (Phi) is 4.28. The Labute approximate surface area is 183 Å². The molecule has 1 amide bonds. The molecule has 3 saturated carbocycles. The Morgan fingerprint density at radius 2 is 2.10 bits per heavy atom. The van der Waals surface area contributed by atoms with E-state index in [-0.39, 0.29) is 17.8 Å². The number of benzene rings is 1. The van der Waals surface area contributed by atoms with Gasteiger partial charge in [-0.1, -0.05) is 19.1 Å². The summed E-state index contributed by atoms with van der Waals surface area (Å²) >= 11 is 0. The van der Waals surface area contributed by atoms with Gasteiger partial charge in [-0.3, -0.25) is 9.59 Å². The largest absolute Gasteiger partial charge is 0.481 e. The van der Waals surface area contributed by atoms with Gasteiger partial charge in [-0.2, -0.15) is 0 Å². The molecular formula is C26H32N2O3. The third-order valence-electron chi connectivity index (χ3n) is 8.83. The first-order valence-corrected chi connectivity index (χ1v) is 12.1. The Morgan fingerprint density at radius 1 is 1.26 bits per heavy atom. The van der Waals surface area contributed by atoms with Crippen molar-refractivity contribution in [2.75, 3.05) is 0 Å². The first-order valence-electron chi connectivity index (χ1n) is 12.1. The molecule has 5 aliphatic rings. The number of aromatic amines is 1. The van der Waals surface area contributed by atoms with Crippen LogP contribution in [0.3, 0.4) is 0 Å². The Hall–Kier alpha value is -2.30. The highest BCUT2D eigenvalue weighted by Gasteiger charge is 2.60. The predicted molar refractivity (Wildman–Crippen MR) is 119 cm³/mol. The number of rotatable bonds is 7. The number of hydrogen-bond acceptors (Lipinski definition) is 2. The lowest BCUT2D eigenvalue weighted by Crippen LogP contribution is -2.48. The number of piperidine rings is 1. The van der Waals surface area contributed by atoms with Gasteiger partial charge in [-0.25, -0.2) is 0 Å². The number of H-pyrrole nitrogens is 1. The van der Waals surface area contributed by atoms with E-state index in [1.54, 1.807) is 0 Å². The fraction of sp³-hybridized carbons (Fsp3) is 0.615. The van der Waals surface area contributed by atoms with E-state index in [9.17, 15) is 9.59 Å². The zero-order valence-electron chi connectivity index (χ0n) is 18.3. The number of carboxylic acid groups (broad SMARTS) is 1. The van der Waals surface area contributed by atoms with Crippen molar-refractivity contribution in [3.63, 3.8) is 0 Å². The lowest BCUT2D eigenvalue weighted by molar-refractivity contribution is -0.140. The van der Waals surface area contributed by atoms with Crippen molar-refractivity contribution >= 4 is 22.8 Å². The molecule has 3 aliphatic carbocycles. The highest BCUT2D eigenvalue weighted by Crippen LogP contribution is 2.61. The van der Waals surface area contributed by atoms with E-state index in [0.29, 0.717) is 36.2 Å². The van der Waals surface area contributed by atoms with Gasteiger partial charge in [0.2, 0.25) is 5.91 Å². The molecule has 5 fully saturated rings. The van der Waals surface area contributed by atoms with E-state index in [2.05, 4.69) is 41.2 Å². The topological polar surface area (TPSA) is 73.4 Å². The molecule has 5 atom stereocenters. The Morgan fingerprint density at radius 3 is 2.84 bits per heavy atom. The third kappa shape index (κ3) is 3.11. The van der Waals surface area contributed by atoms with Crippen molar-refractivity contribution in [1.82, 2.24) is 9.88 Å². The lowest BCUT2D eigenvalue weighted by Gasteiger charge is -2.44. The van der Waals surface area contributed by atoms with Gasteiger partial charge in [0.05, 0.1) is 0 Å². The monoisotopic (exact) mass is 420 g/mol. The molecule has 2 aliphatic heterocycles. The summed E-state index contributed by atoms with van der Waals surface area (Å²) in [6, 6.07) is 7.23. The van der Waals surface area contributed by atoms with Crippen LogP contribution in [-0.4, -0.2) is 39.0 Å². The molecule has 0 radical (unpaired) electrons. The maximum Gasteiger partial charge on any atom is 0.303 e. The zero-order chi connectivity index (χ0) is 21.3. The fourth-order valence-electron chi connectivity index (χ4n) is 7.44. The van der Waals surface area contributed by atoms with Gasteiger partial charge in [0.1, 0.15) is 0 Å². The van der Waals surface area contributed by atoms with Crippen molar-refractivity contribution in [2.45, 2.75) is 88.6 Å². The second kappa shape index (κ2) is 6.85. The van der Waals surface area contributed by atoms with E-state index in [4.69, 9.17) is 5.11 Å². The quantitative estimate of drug-likeness (QED) is 0.649. The van der Waals surface area contributed by atoms with Gasteiger partial charge in [0.15, 0.2) is 0 Å². The molecule has 2 N–H and O–H groups in total. The van der Waals surface area contributed by atoms with Crippen molar-refractivity contribution in [1.29, 1.82) is 0 Å². The number of carbonyl (C=O) groups excluding carboxylic acids is 1. The second-order valence-electron chi connectivity index (χ2n) is 10.9. The van der Waals surface area contributed by atoms with Crippen molar-refractivity contribution in [3.8, 4) is 0 Å². The molecule has 31 heavy (non-hydrogen) atoms. The summed E-state index contributed by atoms with van der Waals surface area (Å²) in [5.41, 5.74) is 4.11. The molecule has 1 aromatic carbocycles. The first-order chi connectivity index (χ1) is 14.9. The molecule has 5 nitrogen and oxygen atoms in total. The van der Waals surface area contributed by atoms with Gasteiger partial charge in [-0.05, 0) is 85.3 Å². The van der Waals surface area contributed by atoms with Gasteiger partial charge in [0, 0.05) is 42.0 Å². The Bertz CT molecular complexity index is 1050. The van der Waals surface area contributed by atoms with Crippen LogP contribution in [0.1, 0.15) is 87.7 Å². The summed E-state index contributed by atoms with van der Waals surface area (Å²) in [5, 5.41) is 10.5. The lowest BCUT2D eigenvalue weighted by atomic mass is 9.70. The summed E-state index contributed by atoms with van der Waals surface area (Å²) in [6.45, 7) is 2.20. The smallest absolute Gasteiger partial charge is 0.303 e. The second-order valence-corrected chi connectivity index (χ2v) is 10.9. The van der Waals surface area contributed by atoms with E-state index in [1.807, 2.05) is 0 Å². The van der Waals surface area contributed by atoms with Crippen LogP contribution in [0.5, 0.6) is 0 Å². The molecule has 2 saturated heterocycles. The highest BCUT2D eigenvalue weighted by atomic mass is 16.4. The maximum atomic E-state index is 13.5. The normalized spacial score (nSPS) is 32.2. The number of nitrogens with one attached hydrogen (secondary N) is 1. The minimum absolute atomic E-state index is 0.176. The molecule has 1 aromatic heterocycles. The summed E-state index contributed by atoms with van der Waals surface area (Å²) in [5.74, 6) is 1.08. The van der Waals surface area contributed by atoms with Crippen LogP contribution in [0.15, 0.2) is 24.4 Å². The molecule has 7 rings (SSSR count). The highest BCUT2D eigenvalue weighted by molar-refractivity contribution is 5.89.